The summed E-state index contributed by atoms with van der Waals surface area (Å²) in [5.41, 5.74) is 1.03. The highest BCUT2D eigenvalue weighted by atomic mass is 32.2. The van der Waals surface area contributed by atoms with Gasteiger partial charge in [0.15, 0.2) is 0 Å². The molecule has 1 saturated carbocycles. The fourth-order valence-electron chi connectivity index (χ4n) is 2.29. The molecule has 1 aromatic carbocycles. The monoisotopic (exact) mass is 323 g/mol. The maximum atomic E-state index is 13.0. The van der Waals surface area contributed by atoms with E-state index < -0.39 is 10.0 Å². The van der Waals surface area contributed by atoms with Crippen molar-refractivity contribution in [3.63, 3.8) is 0 Å². The van der Waals surface area contributed by atoms with Gasteiger partial charge >= 0.3 is 0 Å². The fourth-order valence-corrected chi connectivity index (χ4v) is 4.78. The van der Waals surface area contributed by atoms with Gasteiger partial charge in [0.25, 0.3) is 0 Å². The van der Waals surface area contributed by atoms with Crippen LogP contribution in [0.3, 0.4) is 0 Å². The molecule has 1 aliphatic rings. The molecule has 0 aliphatic heterocycles. The number of nitrogens with zero attached hydrogens (tertiary/aromatic N) is 1. The zero-order chi connectivity index (χ0) is 14.9. The molecule has 0 amide bonds. The molecule has 1 aromatic heterocycles. The van der Waals surface area contributed by atoms with Crippen LogP contribution >= 0.6 is 11.3 Å². The Morgan fingerprint density at radius 3 is 2.67 bits per heavy atom. The van der Waals surface area contributed by atoms with E-state index in [-0.39, 0.29) is 10.9 Å². The quantitative estimate of drug-likeness (QED) is 0.820. The van der Waals surface area contributed by atoms with Crippen LogP contribution in [0.4, 0.5) is 0 Å². The molecular weight excluding hydrogens is 306 g/mol. The van der Waals surface area contributed by atoms with E-state index in [0.717, 1.165) is 18.4 Å². The lowest BCUT2D eigenvalue weighted by Gasteiger charge is -2.22. The minimum absolute atomic E-state index is 0.111. The normalized spacial score (nSPS) is 15.3. The van der Waals surface area contributed by atoms with E-state index in [1.807, 2.05) is 16.8 Å². The molecule has 4 nitrogen and oxygen atoms in total. The van der Waals surface area contributed by atoms with Crippen LogP contribution in [-0.4, -0.2) is 25.9 Å². The molecular formula is C15H17NO3S2. The number of ether oxygens (including phenoxy) is 1. The SMILES string of the molecule is COc1ccccc1S(=O)(=O)N(Cc1ccsc1)C1CC1. The topological polar surface area (TPSA) is 46.6 Å². The Hall–Kier alpha value is -1.37. The van der Waals surface area contributed by atoms with E-state index in [1.54, 1.807) is 39.9 Å². The highest BCUT2D eigenvalue weighted by Gasteiger charge is 2.39. The minimum atomic E-state index is -3.54. The lowest BCUT2D eigenvalue weighted by atomic mass is 10.3. The molecule has 3 rings (SSSR count). The number of hydrogen-bond acceptors (Lipinski definition) is 4. The molecule has 0 atom stereocenters. The van der Waals surface area contributed by atoms with E-state index >= 15 is 0 Å². The number of thiophene rings is 1. The summed E-state index contributed by atoms with van der Waals surface area (Å²) in [4.78, 5) is 0.245. The smallest absolute Gasteiger partial charge is 0.247 e. The molecule has 21 heavy (non-hydrogen) atoms. The lowest BCUT2D eigenvalue weighted by Crippen LogP contribution is -2.32. The zero-order valence-corrected chi connectivity index (χ0v) is 13.4. The first kappa shape index (κ1) is 14.6. The molecule has 2 aromatic rings. The third-order valence-corrected chi connectivity index (χ3v) is 6.20. The third-order valence-electron chi connectivity index (χ3n) is 3.53. The van der Waals surface area contributed by atoms with Gasteiger partial charge < -0.3 is 4.74 Å². The van der Waals surface area contributed by atoms with Gasteiger partial charge in [-0.1, -0.05) is 12.1 Å². The first-order valence-electron chi connectivity index (χ1n) is 6.79. The maximum Gasteiger partial charge on any atom is 0.247 e. The van der Waals surface area contributed by atoms with Gasteiger partial charge in [-0.05, 0) is 47.4 Å². The second kappa shape index (κ2) is 5.79. The number of methoxy groups -OCH3 is 1. The number of sulfonamides is 1. The van der Waals surface area contributed by atoms with E-state index in [0.29, 0.717) is 12.3 Å². The van der Waals surface area contributed by atoms with Crippen molar-refractivity contribution in [1.82, 2.24) is 4.31 Å². The van der Waals surface area contributed by atoms with Crippen LogP contribution in [-0.2, 0) is 16.6 Å². The Kier molecular flexibility index (Phi) is 4.01. The fraction of sp³-hybridized carbons (Fsp3) is 0.333. The Morgan fingerprint density at radius 1 is 1.29 bits per heavy atom. The second-order valence-electron chi connectivity index (χ2n) is 5.06. The van der Waals surface area contributed by atoms with Crippen LogP contribution < -0.4 is 4.74 Å². The molecule has 0 bridgehead atoms. The average molecular weight is 323 g/mol. The number of para-hydroxylation sites is 1. The van der Waals surface area contributed by atoms with Gasteiger partial charge in [0, 0.05) is 12.6 Å². The molecule has 6 heteroatoms. The van der Waals surface area contributed by atoms with Crippen molar-refractivity contribution in [3.8, 4) is 5.75 Å². The number of rotatable bonds is 6. The third kappa shape index (κ3) is 2.97. The molecule has 0 spiro atoms. The van der Waals surface area contributed by atoms with Crippen molar-refractivity contribution < 1.29 is 13.2 Å². The van der Waals surface area contributed by atoms with Crippen LogP contribution in [0.15, 0.2) is 46.0 Å². The Labute approximate surface area is 129 Å². The van der Waals surface area contributed by atoms with Gasteiger partial charge in [-0.15, -0.1) is 0 Å². The van der Waals surface area contributed by atoms with Crippen molar-refractivity contribution >= 4 is 21.4 Å². The predicted octanol–water partition coefficient (Wildman–Crippen LogP) is 3.11. The molecule has 1 fully saturated rings. The van der Waals surface area contributed by atoms with Gasteiger partial charge in [0.05, 0.1) is 7.11 Å². The van der Waals surface area contributed by atoms with Crippen molar-refractivity contribution in [2.75, 3.05) is 7.11 Å². The summed E-state index contributed by atoms with van der Waals surface area (Å²) < 4.78 is 32.8. The molecule has 112 valence electrons. The summed E-state index contributed by atoms with van der Waals surface area (Å²) in [5.74, 6) is 0.397. The van der Waals surface area contributed by atoms with Crippen LogP contribution in [0.5, 0.6) is 5.75 Å². The number of hydrogen-bond donors (Lipinski definition) is 0. The Bertz CT molecular complexity index is 706. The zero-order valence-electron chi connectivity index (χ0n) is 11.7. The standard InChI is InChI=1S/C15H17NO3S2/c1-19-14-4-2-3-5-15(14)21(17,18)16(13-6-7-13)10-12-8-9-20-11-12/h2-5,8-9,11,13H,6-7,10H2,1H3. The van der Waals surface area contributed by atoms with E-state index in [2.05, 4.69) is 0 Å². The molecule has 0 N–H and O–H groups in total. The second-order valence-corrected chi connectivity index (χ2v) is 7.70. The van der Waals surface area contributed by atoms with Gasteiger partial charge in [-0.2, -0.15) is 15.6 Å². The van der Waals surface area contributed by atoms with Crippen LogP contribution in [0.1, 0.15) is 18.4 Å². The van der Waals surface area contributed by atoms with Crippen LogP contribution in [0.25, 0.3) is 0 Å². The molecule has 0 radical (unpaired) electrons. The van der Waals surface area contributed by atoms with Gasteiger partial charge in [-0.25, -0.2) is 8.42 Å². The van der Waals surface area contributed by atoms with Crippen molar-refractivity contribution in [2.24, 2.45) is 0 Å². The molecule has 1 heterocycles. The molecule has 1 aliphatic carbocycles. The van der Waals surface area contributed by atoms with Crippen molar-refractivity contribution in [1.29, 1.82) is 0 Å². The highest BCUT2D eigenvalue weighted by molar-refractivity contribution is 7.89. The van der Waals surface area contributed by atoms with Gasteiger partial charge in [0.2, 0.25) is 10.0 Å². The van der Waals surface area contributed by atoms with Crippen molar-refractivity contribution in [3.05, 3.63) is 46.7 Å². The minimum Gasteiger partial charge on any atom is -0.495 e. The van der Waals surface area contributed by atoms with Gasteiger partial charge in [0.1, 0.15) is 10.6 Å². The van der Waals surface area contributed by atoms with Gasteiger partial charge in [-0.3, -0.25) is 0 Å². The summed E-state index contributed by atoms with van der Waals surface area (Å²) in [5, 5.41) is 3.96. The van der Waals surface area contributed by atoms with Crippen LogP contribution in [0, 0.1) is 0 Å². The Balaban J connectivity index is 1.97. The maximum absolute atomic E-state index is 13.0. The van der Waals surface area contributed by atoms with Crippen LogP contribution in [0.2, 0.25) is 0 Å². The summed E-state index contributed by atoms with van der Waals surface area (Å²) >= 11 is 1.58. The molecule has 0 unspecified atom stereocenters. The lowest BCUT2D eigenvalue weighted by molar-refractivity contribution is 0.382. The van der Waals surface area contributed by atoms with E-state index in [1.165, 1.54) is 7.11 Å². The first-order chi connectivity index (χ1) is 10.1. The summed E-state index contributed by atoms with van der Waals surface area (Å²) in [7, 11) is -2.05. The summed E-state index contributed by atoms with van der Waals surface area (Å²) in [6.07, 6.45) is 1.86. The predicted molar refractivity (Wildman–Crippen MR) is 83.1 cm³/mol. The highest BCUT2D eigenvalue weighted by Crippen LogP contribution is 2.36. The van der Waals surface area contributed by atoms with Crippen molar-refractivity contribution in [2.45, 2.75) is 30.3 Å². The first-order valence-corrected chi connectivity index (χ1v) is 9.17. The van der Waals surface area contributed by atoms with E-state index in [9.17, 15) is 8.42 Å². The Morgan fingerprint density at radius 2 is 2.05 bits per heavy atom. The summed E-state index contributed by atoms with van der Waals surface area (Å²) in [6.45, 7) is 0.425. The van der Waals surface area contributed by atoms with E-state index in [4.69, 9.17) is 4.74 Å². The summed E-state index contributed by atoms with van der Waals surface area (Å²) in [6, 6.07) is 8.88. The number of benzene rings is 1. The molecule has 0 saturated heterocycles. The average Bonchev–Trinajstić information content (AvgIpc) is 3.20. The largest absolute Gasteiger partial charge is 0.495 e.